The lowest BCUT2D eigenvalue weighted by molar-refractivity contribution is -0.123. The number of nitrogens with one attached hydrogen (secondary N) is 1. The first-order valence-corrected chi connectivity index (χ1v) is 7.99. The number of anilines is 1. The number of carbonyl (C=O) groups is 2. The van der Waals surface area contributed by atoms with Crippen LogP contribution < -0.4 is 19.7 Å². The van der Waals surface area contributed by atoms with E-state index in [-0.39, 0.29) is 18.4 Å². The zero-order valence-corrected chi connectivity index (χ0v) is 14.2. The van der Waals surface area contributed by atoms with Gasteiger partial charge in [0.2, 0.25) is 5.91 Å². The molecular formula is C19H20N2O4. The van der Waals surface area contributed by atoms with Crippen LogP contribution in [0.1, 0.15) is 11.1 Å². The van der Waals surface area contributed by atoms with Crippen LogP contribution in [0.15, 0.2) is 42.5 Å². The summed E-state index contributed by atoms with van der Waals surface area (Å²) >= 11 is 0. The first-order valence-electron chi connectivity index (χ1n) is 7.99. The molecule has 0 spiro atoms. The van der Waals surface area contributed by atoms with E-state index in [9.17, 15) is 9.59 Å². The van der Waals surface area contributed by atoms with Crippen molar-refractivity contribution in [1.82, 2.24) is 5.32 Å². The van der Waals surface area contributed by atoms with E-state index in [0.29, 0.717) is 24.5 Å². The maximum atomic E-state index is 12.0. The number of likely N-dealkylation sites (N-methyl/N-ethyl adjacent to an activating group) is 1. The van der Waals surface area contributed by atoms with Gasteiger partial charge in [0.25, 0.3) is 5.91 Å². The second-order valence-corrected chi connectivity index (χ2v) is 5.81. The molecule has 0 bridgehead atoms. The Morgan fingerprint density at radius 2 is 1.96 bits per heavy atom. The number of ether oxygens (including phenoxy) is 2. The molecule has 0 atom stereocenters. The monoisotopic (exact) mass is 340 g/mol. The third-order valence-electron chi connectivity index (χ3n) is 4.14. The summed E-state index contributed by atoms with van der Waals surface area (Å²) in [7, 11) is 3.32. The molecule has 130 valence electrons. The predicted octanol–water partition coefficient (Wildman–Crippen LogP) is 1.91. The van der Waals surface area contributed by atoms with E-state index in [0.717, 1.165) is 16.8 Å². The number of hydrogen-bond donors (Lipinski definition) is 1. The van der Waals surface area contributed by atoms with Gasteiger partial charge in [-0.15, -0.1) is 0 Å². The molecule has 0 saturated carbocycles. The van der Waals surface area contributed by atoms with Crippen molar-refractivity contribution in [3.05, 3.63) is 53.6 Å². The Kier molecular flexibility index (Phi) is 4.88. The fourth-order valence-electron chi connectivity index (χ4n) is 2.77. The van der Waals surface area contributed by atoms with Crippen molar-refractivity contribution in [3.63, 3.8) is 0 Å². The van der Waals surface area contributed by atoms with Gasteiger partial charge in [0.1, 0.15) is 0 Å². The van der Waals surface area contributed by atoms with Crippen LogP contribution in [0.2, 0.25) is 0 Å². The third kappa shape index (κ3) is 3.74. The van der Waals surface area contributed by atoms with Gasteiger partial charge in [0, 0.05) is 19.3 Å². The van der Waals surface area contributed by atoms with Gasteiger partial charge in [0.15, 0.2) is 18.1 Å². The van der Waals surface area contributed by atoms with Crippen molar-refractivity contribution in [2.45, 2.75) is 13.0 Å². The molecule has 2 aromatic carbocycles. The van der Waals surface area contributed by atoms with E-state index in [1.165, 1.54) is 0 Å². The normalized spacial score (nSPS) is 12.7. The lowest BCUT2D eigenvalue weighted by Crippen LogP contribution is -2.28. The Bertz CT molecular complexity index is 804. The largest absolute Gasteiger partial charge is 0.493 e. The van der Waals surface area contributed by atoms with E-state index >= 15 is 0 Å². The van der Waals surface area contributed by atoms with Crippen molar-refractivity contribution in [3.8, 4) is 11.5 Å². The van der Waals surface area contributed by atoms with Crippen molar-refractivity contribution >= 4 is 17.5 Å². The Balaban J connectivity index is 1.53. The molecule has 0 radical (unpaired) electrons. The van der Waals surface area contributed by atoms with Gasteiger partial charge in [-0.25, -0.2) is 0 Å². The fourth-order valence-corrected chi connectivity index (χ4v) is 2.77. The van der Waals surface area contributed by atoms with E-state index in [4.69, 9.17) is 9.47 Å². The molecule has 6 heteroatoms. The van der Waals surface area contributed by atoms with E-state index in [2.05, 4.69) is 5.32 Å². The number of benzene rings is 2. The average molecular weight is 340 g/mol. The lowest BCUT2D eigenvalue weighted by Gasteiger charge is -2.12. The predicted molar refractivity (Wildman–Crippen MR) is 93.9 cm³/mol. The summed E-state index contributed by atoms with van der Waals surface area (Å²) in [4.78, 5) is 25.3. The van der Waals surface area contributed by atoms with Crippen LogP contribution in [-0.2, 0) is 22.6 Å². The van der Waals surface area contributed by atoms with Crippen LogP contribution in [0.4, 0.5) is 5.69 Å². The number of rotatable bonds is 6. The minimum absolute atomic E-state index is 0.0846. The molecule has 0 unspecified atom stereocenters. The molecule has 0 aliphatic carbocycles. The maximum absolute atomic E-state index is 12.0. The highest BCUT2D eigenvalue weighted by atomic mass is 16.5. The van der Waals surface area contributed by atoms with E-state index < -0.39 is 0 Å². The van der Waals surface area contributed by atoms with Gasteiger partial charge in [-0.2, -0.15) is 0 Å². The third-order valence-corrected chi connectivity index (χ3v) is 4.14. The van der Waals surface area contributed by atoms with Crippen LogP contribution in [0.5, 0.6) is 11.5 Å². The molecule has 6 nitrogen and oxygen atoms in total. The summed E-state index contributed by atoms with van der Waals surface area (Å²) in [5, 5.41) is 2.82. The molecule has 25 heavy (non-hydrogen) atoms. The number of methoxy groups -OCH3 is 1. The smallest absolute Gasteiger partial charge is 0.258 e. The van der Waals surface area contributed by atoms with Crippen molar-refractivity contribution in [2.24, 2.45) is 0 Å². The van der Waals surface area contributed by atoms with E-state index in [1.54, 1.807) is 31.2 Å². The maximum Gasteiger partial charge on any atom is 0.258 e. The Hall–Kier alpha value is -3.02. The molecule has 3 rings (SSSR count). The van der Waals surface area contributed by atoms with Crippen LogP contribution >= 0.6 is 0 Å². The summed E-state index contributed by atoms with van der Waals surface area (Å²) in [5.41, 5.74) is 2.87. The summed E-state index contributed by atoms with van der Waals surface area (Å²) in [6, 6.07) is 13.0. The molecule has 0 fully saturated rings. The highest BCUT2D eigenvalue weighted by Crippen LogP contribution is 2.28. The number of nitrogens with zero attached hydrogens (tertiary/aromatic N) is 1. The summed E-state index contributed by atoms with van der Waals surface area (Å²) in [6.07, 6.45) is 0.407. The molecule has 0 aromatic heterocycles. The number of fused-ring (bicyclic) bond motifs is 1. The molecule has 1 heterocycles. The minimum atomic E-state index is -0.223. The number of para-hydroxylation sites is 2. The second kappa shape index (κ2) is 7.25. The van der Waals surface area contributed by atoms with Crippen LogP contribution in [0.3, 0.4) is 0 Å². The van der Waals surface area contributed by atoms with Gasteiger partial charge in [-0.3, -0.25) is 9.59 Å². The number of hydrogen-bond acceptors (Lipinski definition) is 4. The zero-order valence-electron chi connectivity index (χ0n) is 14.2. The van der Waals surface area contributed by atoms with Crippen molar-refractivity contribution in [1.29, 1.82) is 0 Å². The van der Waals surface area contributed by atoms with Crippen molar-refractivity contribution in [2.75, 3.05) is 25.7 Å². The Morgan fingerprint density at radius 3 is 2.72 bits per heavy atom. The van der Waals surface area contributed by atoms with Gasteiger partial charge in [-0.1, -0.05) is 24.3 Å². The SMILES string of the molecule is COc1ccccc1OCC(=O)NCc1ccc2c(c1)CC(=O)N2C. The van der Waals surface area contributed by atoms with Crippen LogP contribution in [-0.4, -0.2) is 32.6 Å². The van der Waals surface area contributed by atoms with Gasteiger partial charge < -0.3 is 19.7 Å². The highest BCUT2D eigenvalue weighted by molar-refractivity contribution is 6.00. The number of amides is 2. The van der Waals surface area contributed by atoms with Crippen molar-refractivity contribution < 1.29 is 19.1 Å². The summed E-state index contributed by atoms with van der Waals surface area (Å²) in [5.74, 6) is 0.975. The highest BCUT2D eigenvalue weighted by Gasteiger charge is 2.23. The average Bonchev–Trinajstić information content (AvgIpc) is 2.92. The number of carbonyl (C=O) groups excluding carboxylic acids is 2. The minimum Gasteiger partial charge on any atom is -0.493 e. The topological polar surface area (TPSA) is 67.9 Å². The molecule has 1 N–H and O–H groups in total. The second-order valence-electron chi connectivity index (χ2n) is 5.81. The van der Waals surface area contributed by atoms with Gasteiger partial charge in [0.05, 0.1) is 13.5 Å². The molecule has 1 aliphatic heterocycles. The molecule has 2 aromatic rings. The standard InChI is InChI=1S/C19H20N2O4/c1-21-15-8-7-13(9-14(15)10-19(21)23)11-20-18(22)12-25-17-6-4-3-5-16(17)24-2/h3-9H,10-12H2,1-2H3,(H,20,22). The first kappa shape index (κ1) is 16.8. The van der Waals surface area contributed by atoms with E-state index in [1.807, 2.05) is 30.3 Å². The molecular weight excluding hydrogens is 320 g/mol. The lowest BCUT2D eigenvalue weighted by atomic mass is 10.1. The molecule has 1 aliphatic rings. The van der Waals surface area contributed by atoms with Crippen LogP contribution in [0, 0.1) is 0 Å². The zero-order chi connectivity index (χ0) is 17.8. The van der Waals surface area contributed by atoms with Gasteiger partial charge >= 0.3 is 0 Å². The van der Waals surface area contributed by atoms with Crippen LogP contribution in [0.25, 0.3) is 0 Å². The molecule has 2 amide bonds. The van der Waals surface area contributed by atoms with Gasteiger partial charge in [-0.05, 0) is 29.3 Å². The quantitative estimate of drug-likeness (QED) is 0.872. The Labute approximate surface area is 146 Å². The Morgan fingerprint density at radius 1 is 1.20 bits per heavy atom. The first-order chi connectivity index (χ1) is 12.1. The fraction of sp³-hybridized carbons (Fsp3) is 0.263. The molecule has 0 saturated heterocycles. The summed E-state index contributed by atoms with van der Waals surface area (Å²) < 4.78 is 10.7. The summed E-state index contributed by atoms with van der Waals surface area (Å²) in [6.45, 7) is 0.297.